The third-order valence-electron chi connectivity index (χ3n) is 8.05. The van der Waals surface area contributed by atoms with E-state index in [1.165, 1.54) is 12.1 Å². The maximum absolute atomic E-state index is 14.8. The van der Waals surface area contributed by atoms with Crippen molar-refractivity contribution in [2.45, 2.75) is 76.1 Å². The first kappa shape index (κ1) is 29.8. The predicted octanol–water partition coefficient (Wildman–Crippen LogP) is 6.66. The zero-order chi connectivity index (χ0) is 28.9. The summed E-state index contributed by atoms with van der Waals surface area (Å²) >= 11 is 12.4. The first-order valence-corrected chi connectivity index (χ1v) is 15.4. The fourth-order valence-electron chi connectivity index (χ4n) is 5.68. The molecule has 39 heavy (non-hydrogen) atoms. The van der Waals surface area contributed by atoms with Gasteiger partial charge in [0, 0.05) is 17.0 Å². The molecule has 0 aromatic heterocycles. The van der Waals surface area contributed by atoms with Crippen LogP contribution in [0.2, 0.25) is 10.0 Å². The van der Waals surface area contributed by atoms with Gasteiger partial charge >= 0.3 is 5.97 Å². The third-order valence-corrected chi connectivity index (χ3v) is 11.2. The highest BCUT2D eigenvalue weighted by Crippen LogP contribution is 2.54. The number of hydrogen-bond acceptors (Lipinski definition) is 4. The zero-order valence-electron chi connectivity index (χ0n) is 22.5. The standard InChI is InChI=1S/C29H34Cl2FNO5S/c1-28(2,3)39(37,38)16-24(17-8-9-17)33-26(19-10-11-22(31)23(32)13-19)21(18-6-5-7-20(30)12-18)14-29(4,27(33)36)15-25(34)35/h5-7,10-13,17,21,24,26H,8-9,14-16H2,1-4H3,(H,34,35)/t21-,24-,26+,29-/m1/s1. The summed E-state index contributed by atoms with van der Waals surface area (Å²) in [4.78, 5) is 27.9. The Hall–Kier alpha value is -2.16. The van der Waals surface area contributed by atoms with Crippen molar-refractivity contribution in [3.05, 3.63) is 69.5 Å². The number of piperidine rings is 1. The van der Waals surface area contributed by atoms with Crippen LogP contribution in [0, 0.1) is 17.2 Å². The summed E-state index contributed by atoms with van der Waals surface area (Å²) in [5.41, 5.74) is -0.101. The van der Waals surface area contributed by atoms with Gasteiger partial charge in [-0.2, -0.15) is 0 Å². The number of carboxylic acids is 1. The summed E-state index contributed by atoms with van der Waals surface area (Å²) in [5.74, 6) is -3.05. The van der Waals surface area contributed by atoms with Gasteiger partial charge in [0.25, 0.3) is 0 Å². The van der Waals surface area contributed by atoms with E-state index in [0.29, 0.717) is 10.6 Å². The van der Waals surface area contributed by atoms with Crippen molar-refractivity contribution < 1.29 is 27.5 Å². The van der Waals surface area contributed by atoms with E-state index in [-0.39, 0.29) is 23.1 Å². The summed E-state index contributed by atoms with van der Waals surface area (Å²) in [7, 11) is -3.67. The van der Waals surface area contributed by atoms with E-state index in [2.05, 4.69) is 0 Å². The van der Waals surface area contributed by atoms with Gasteiger partial charge in [-0.1, -0.05) is 48.3 Å². The van der Waals surface area contributed by atoms with Gasteiger partial charge in [-0.15, -0.1) is 0 Å². The number of nitrogens with zero attached hydrogens (tertiary/aromatic N) is 1. The second-order valence-electron chi connectivity index (χ2n) is 12.1. The molecule has 1 amide bonds. The van der Waals surface area contributed by atoms with Crippen molar-refractivity contribution in [1.29, 1.82) is 0 Å². The summed E-state index contributed by atoms with van der Waals surface area (Å²) < 4.78 is 40.8. The van der Waals surface area contributed by atoms with Crippen LogP contribution in [-0.2, 0) is 19.4 Å². The Bertz CT molecular complexity index is 1390. The average Bonchev–Trinajstić information content (AvgIpc) is 3.65. The number of benzene rings is 2. The maximum atomic E-state index is 14.8. The van der Waals surface area contributed by atoms with E-state index in [9.17, 15) is 27.5 Å². The molecule has 0 spiro atoms. The topological polar surface area (TPSA) is 91.8 Å². The van der Waals surface area contributed by atoms with Crippen molar-refractivity contribution in [2.75, 3.05) is 5.75 Å². The summed E-state index contributed by atoms with van der Waals surface area (Å²) in [5, 5.41) is 10.2. The smallest absolute Gasteiger partial charge is 0.304 e. The Labute approximate surface area is 239 Å². The highest BCUT2D eigenvalue weighted by atomic mass is 35.5. The van der Waals surface area contributed by atoms with E-state index in [1.807, 2.05) is 6.07 Å². The first-order valence-electron chi connectivity index (χ1n) is 13.0. The van der Waals surface area contributed by atoms with Crippen LogP contribution in [-0.4, -0.2) is 46.8 Å². The molecule has 1 aliphatic heterocycles. The van der Waals surface area contributed by atoms with Crippen LogP contribution in [0.4, 0.5) is 4.39 Å². The van der Waals surface area contributed by atoms with Crippen LogP contribution in [0.15, 0.2) is 42.5 Å². The number of halogens is 3. The molecular formula is C29H34Cl2FNO5S. The minimum atomic E-state index is -3.67. The number of carbonyl (C=O) groups is 2. The molecule has 1 heterocycles. The Morgan fingerprint density at radius 3 is 2.36 bits per heavy atom. The molecule has 1 saturated carbocycles. The summed E-state index contributed by atoms with van der Waals surface area (Å²) in [6, 6.07) is 9.99. The van der Waals surface area contributed by atoms with Gasteiger partial charge < -0.3 is 10.0 Å². The van der Waals surface area contributed by atoms with Crippen LogP contribution >= 0.6 is 23.2 Å². The number of rotatable bonds is 8. The molecule has 2 aromatic rings. The van der Waals surface area contributed by atoms with E-state index in [0.717, 1.165) is 18.4 Å². The zero-order valence-corrected chi connectivity index (χ0v) is 24.8. The molecule has 212 valence electrons. The molecule has 1 N–H and O–H groups in total. The average molecular weight is 599 g/mol. The second kappa shape index (κ2) is 10.7. The van der Waals surface area contributed by atoms with Crippen LogP contribution in [0.1, 0.15) is 76.5 Å². The van der Waals surface area contributed by atoms with E-state index < -0.39 is 62.1 Å². The van der Waals surface area contributed by atoms with Crippen molar-refractivity contribution in [3.8, 4) is 0 Å². The number of carboxylic acid groups (broad SMARTS) is 1. The van der Waals surface area contributed by atoms with Gasteiger partial charge in [-0.3, -0.25) is 9.59 Å². The number of sulfone groups is 1. The summed E-state index contributed by atoms with van der Waals surface area (Å²) in [6.45, 7) is 6.49. The Kier molecular flexibility index (Phi) is 8.16. The lowest BCUT2D eigenvalue weighted by atomic mass is 9.67. The number of hydrogen-bond donors (Lipinski definition) is 1. The summed E-state index contributed by atoms with van der Waals surface area (Å²) in [6.07, 6.45) is 1.22. The fraction of sp³-hybridized carbons (Fsp3) is 0.517. The molecule has 4 rings (SSSR count). The molecule has 2 fully saturated rings. The van der Waals surface area contributed by atoms with E-state index in [4.69, 9.17) is 23.2 Å². The minimum absolute atomic E-state index is 0.0714. The second-order valence-corrected chi connectivity index (χ2v) is 15.8. The fourth-order valence-corrected chi connectivity index (χ4v) is 7.38. The van der Waals surface area contributed by atoms with Gasteiger partial charge in [-0.05, 0) is 81.3 Å². The van der Waals surface area contributed by atoms with Gasteiger partial charge in [0.1, 0.15) is 5.82 Å². The van der Waals surface area contributed by atoms with Gasteiger partial charge in [0.2, 0.25) is 5.91 Å². The van der Waals surface area contributed by atoms with Crippen LogP contribution in [0.25, 0.3) is 0 Å². The monoisotopic (exact) mass is 597 g/mol. The lowest BCUT2D eigenvalue weighted by Crippen LogP contribution is -2.58. The maximum Gasteiger partial charge on any atom is 0.304 e. The van der Waals surface area contributed by atoms with Gasteiger partial charge in [0.05, 0.1) is 33.4 Å². The van der Waals surface area contributed by atoms with Crippen molar-refractivity contribution >= 4 is 44.9 Å². The largest absolute Gasteiger partial charge is 0.481 e. The lowest BCUT2D eigenvalue weighted by molar-refractivity contribution is -0.160. The highest BCUT2D eigenvalue weighted by molar-refractivity contribution is 7.92. The van der Waals surface area contributed by atoms with Crippen LogP contribution < -0.4 is 0 Å². The number of likely N-dealkylation sites (tertiary alicyclic amines) is 1. The molecule has 0 unspecified atom stereocenters. The Morgan fingerprint density at radius 1 is 1.15 bits per heavy atom. The van der Waals surface area contributed by atoms with Crippen LogP contribution in [0.5, 0.6) is 0 Å². The molecule has 4 atom stereocenters. The Morgan fingerprint density at radius 2 is 1.82 bits per heavy atom. The van der Waals surface area contributed by atoms with Crippen LogP contribution in [0.3, 0.4) is 0 Å². The highest BCUT2D eigenvalue weighted by Gasteiger charge is 2.55. The first-order chi connectivity index (χ1) is 18.0. The number of carbonyl (C=O) groups excluding carboxylic acids is 1. The molecule has 10 heteroatoms. The minimum Gasteiger partial charge on any atom is -0.481 e. The lowest BCUT2D eigenvalue weighted by Gasteiger charge is -2.52. The quantitative estimate of drug-likeness (QED) is 0.367. The Balaban J connectivity index is 1.97. The molecule has 1 aliphatic carbocycles. The van der Waals surface area contributed by atoms with E-state index in [1.54, 1.807) is 56.9 Å². The number of aliphatic carboxylic acids is 1. The number of amides is 1. The molecule has 0 radical (unpaired) electrons. The molecule has 2 aliphatic rings. The van der Waals surface area contributed by atoms with Gasteiger partial charge in [-0.25, -0.2) is 12.8 Å². The molecule has 1 saturated heterocycles. The van der Waals surface area contributed by atoms with Crippen molar-refractivity contribution in [3.63, 3.8) is 0 Å². The van der Waals surface area contributed by atoms with Crippen molar-refractivity contribution in [1.82, 2.24) is 4.90 Å². The molecule has 0 bridgehead atoms. The third kappa shape index (κ3) is 6.13. The molecular weight excluding hydrogens is 564 g/mol. The molecule has 2 aromatic carbocycles. The van der Waals surface area contributed by atoms with Crippen molar-refractivity contribution in [2.24, 2.45) is 11.3 Å². The predicted molar refractivity (Wildman–Crippen MR) is 150 cm³/mol. The molecule has 6 nitrogen and oxygen atoms in total. The van der Waals surface area contributed by atoms with E-state index >= 15 is 0 Å². The normalized spacial score (nSPS) is 25.0. The SMILES string of the molecule is CC(C)(C)S(=O)(=O)C[C@H](C1CC1)N1C(=O)[C@@](C)(CC(=O)O)C[C@H](c2cccc(Cl)c2)[C@@H]1c1ccc(Cl)c(F)c1. The van der Waals surface area contributed by atoms with Gasteiger partial charge in [0.15, 0.2) is 9.84 Å².